The van der Waals surface area contributed by atoms with Crippen molar-refractivity contribution in [1.82, 2.24) is 19.9 Å². The van der Waals surface area contributed by atoms with E-state index >= 15 is 0 Å². The van der Waals surface area contributed by atoms with Crippen LogP contribution in [0, 0.1) is 6.92 Å². The fourth-order valence-corrected chi connectivity index (χ4v) is 4.01. The predicted molar refractivity (Wildman–Crippen MR) is 117 cm³/mol. The van der Waals surface area contributed by atoms with Crippen molar-refractivity contribution in [3.63, 3.8) is 0 Å². The van der Waals surface area contributed by atoms with Crippen molar-refractivity contribution in [2.45, 2.75) is 32.9 Å². The number of aryl methyl sites for hydroxylation is 1. The Balaban J connectivity index is 1.61. The summed E-state index contributed by atoms with van der Waals surface area (Å²) in [6, 6.07) is 17.6. The van der Waals surface area contributed by atoms with E-state index < -0.39 is 0 Å². The van der Waals surface area contributed by atoms with E-state index in [9.17, 15) is 4.79 Å². The average Bonchev–Trinajstić information content (AvgIpc) is 3.11. The van der Waals surface area contributed by atoms with Gasteiger partial charge in [-0.1, -0.05) is 47.6 Å². The van der Waals surface area contributed by atoms with Crippen molar-refractivity contribution < 1.29 is 14.1 Å². The lowest BCUT2D eigenvalue weighted by atomic mass is 10.1. The van der Waals surface area contributed by atoms with Gasteiger partial charge in [0.05, 0.1) is 12.2 Å². The van der Waals surface area contributed by atoms with Gasteiger partial charge in [-0.3, -0.25) is 9.69 Å². The Morgan fingerprint density at radius 1 is 1.13 bits per heavy atom. The zero-order valence-electron chi connectivity index (χ0n) is 18.0. The summed E-state index contributed by atoms with van der Waals surface area (Å²) in [5.41, 5.74) is 1.80. The Morgan fingerprint density at radius 2 is 1.90 bits per heavy atom. The molecule has 0 spiro atoms. The quantitative estimate of drug-likeness (QED) is 0.603. The van der Waals surface area contributed by atoms with Crippen LogP contribution in [0.1, 0.15) is 47.0 Å². The first-order valence-corrected chi connectivity index (χ1v) is 10.7. The number of ether oxygens (including phenoxy) is 1. The molecule has 162 valence electrons. The van der Waals surface area contributed by atoms with Crippen LogP contribution < -0.4 is 4.74 Å². The summed E-state index contributed by atoms with van der Waals surface area (Å²) in [6.45, 7) is 6.97. The number of carbonyl (C=O) groups is 1. The van der Waals surface area contributed by atoms with Gasteiger partial charge in [-0.2, -0.15) is 4.98 Å². The molecule has 0 saturated carbocycles. The summed E-state index contributed by atoms with van der Waals surface area (Å²) < 4.78 is 11.3. The van der Waals surface area contributed by atoms with Crippen molar-refractivity contribution in [1.29, 1.82) is 0 Å². The molecule has 1 unspecified atom stereocenters. The van der Waals surface area contributed by atoms with Crippen LogP contribution in [-0.2, 0) is 6.54 Å². The van der Waals surface area contributed by atoms with E-state index in [2.05, 4.69) is 27.2 Å². The number of amides is 1. The van der Waals surface area contributed by atoms with Gasteiger partial charge in [0.15, 0.2) is 5.82 Å². The van der Waals surface area contributed by atoms with Gasteiger partial charge >= 0.3 is 0 Å². The van der Waals surface area contributed by atoms with E-state index in [1.807, 2.05) is 61.2 Å². The Labute approximate surface area is 182 Å². The Hall–Kier alpha value is -3.19. The molecule has 0 aliphatic carbocycles. The van der Waals surface area contributed by atoms with Gasteiger partial charge < -0.3 is 14.2 Å². The summed E-state index contributed by atoms with van der Waals surface area (Å²) >= 11 is 0. The second-order valence-corrected chi connectivity index (χ2v) is 7.69. The molecular weight excluding hydrogens is 392 g/mol. The maximum atomic E-state index is 13.5. The number of hydrogen-bond acceptors (Lipinski definition) is 6. The number of rotatable bonds is 6. The summed E-state index contributed by atoms with van der Waals surface area (Å²) in [5.74, 6) is 1.72. The Morgan fingerprint density at radius 3 is 2.65 bits per heavy atom. The highest BCUT2D eigenvalue weighted by Crippen LogP contribution is 2.28. The third-order valence-corrected chi connectivity index (χ3v) is 5.47. The molecule has 7 heteroatoms. The van der Waals surface area contributed by atoms with Crippen LogP contribution in [0.4, 0.5) is 0 Å². The zero-order chi connectivity index (χ0) is 21.6. The number of carbonyl (C=O) groups excluding carboxylic acids is 1. The normalized spacial score (nSPS) is 17.4. The Kier molecular flexibility index (Phi) is 6.62. The van der Waals surface area contributed by atoms with E-state index in [-0.39, 0.29) is 11.9 Å². The van der Waals surface area contributed by atoms with Crippen LogP contribution in [0.3, 0.4) is 0 Å². The van der Waals surface area contributed by atoms with Gasteiger partial charge in [-0.05, 0) is 38.0 Å². The van der Waals surface area contributed by atoms with Gasteiger partial charge in [-0.15, -0.1) is 0 Å². The molecule has 1 aliphatic heterocycles. The SMILES string of the molecule is CCOc1ccccc1C(=O)N1CCCN(Cc2ccccc2)C(c2nc(C)no2)C1. The average molecular weight is 421 g/mol. The van der Waals surface area contributed by atoms with Gasteiger partial charge in [0, 0.05) is 26.2 Å². The highest BCUT2D eigenvalue weighted by Gasteiger charge is 2.33. The molecular formula is C24H28N4O3. The first kappa shape index (κ1) is 21.1. The first-order chi connectivity index (χ1) is 15.2. The summed E-state index contributed by atoms with van der Waals surface area (Å²) in [4.78, 5) is 22.2. The van der Waals surface area contributed by atoms with Crippen molar-refractivity contribution in [3.05, 3.63) is 77.4 Å². The largest absolute Gasteiger partial charge is 0.493 e. The maximum Gasteiger partial charge on any atom is 0.257 e. The third kappa shape index (κ3) is 4.94. The molecule has 1 atom stereocenters. The molecule has 1 aromatic heterocycles. The highest BCUT2D eigenvalue weighted by molar-refractivity contribution is 5.97. The Bertz CT molecular complexity index is 1000. The molecule has 3 aromatic rings. The van der Waals surface area contributed by atoms with Gasteiger partial charge in [-0.25, -0.2) is 0 Å². The van der Waals surface area contributed by atoms with Gasteiger partial charge in [0.25, 0.3) is 5.91 Å². The molecule has 0 radical (unpaired) electrons. The minimum absolute atomic E-state index is 0.0353. The van der Waals surface area contributed by atoms with Crippen LogP contribution in [0.15, 0.2) is 59.1 Å². The van der Waals surface area contributed by atoms with Crippen molar-refractivity contribution in [3.8, 4) is 5.75 Å². The summed E-state index contributed by atoms with van der Waals surface area (Å²) in [5, 5.41) is 3.99. The lowest BCUT2D eigenvalue weighted by Crippen LogP contribution is -2.38. The highest BCUT2D eigenvalue weighted by atomic mass is 16.5. The fraction of sp³-hybridized carbons (Fsp3) is 0.375. The second kappa shape index (κ2) is 9.75. The van der Waals surface area contributed by atoms with E-state index in [0.717, 1.165) is 19.5 Å². The minimum Gasteiger partial charge on any atom is -0.493 e. The third-order valence-electron chi connectivity index (χ3n) is 5.47. The zero-order valence-corrected chi connectivity index (χ0v) is 18.0. The molecule has 0 N–H and O–H groups in total. The molecule has 31 heavy (non-hydrogen) atoms. The van der Waals surface area contributed by atoms with Crippen molar-refractivity contribution >= 4 is 5.91 Å². The van der Waals surface area contributed by atoms with E-state index in [4.69, 9.17) is 9.26 Å². The van der Waals surface area contributed by atoms with E-state index in [1.54, 1.807) is 0 Å². The lowest BCUT2D eigenvalue weighted by Gasteiger charge is -2.29. The second-order valence-electron chi connectivity index (χ2n) is 7.69. The molecule has 1 amide bonds. The summed E-state index contributed by atoms with van der Waals surface area (Å²) in [7, 11) is 0. The first-order valence-electron chi connectivity index (χ1n) is 10.7. The van der Waals surface area contributed by atoms with Crippen molar-refractivity contribution in [2.75, 3.05) is 26.2 Å². The van der Waals surface area contributed by atoms with Gasteiger partial charge in [0.1, 0.15) is 11.8 Å². The molecule has 1 aliphatic rings. The van der Waals surface area contributed by atoms with Crippen molar-refractivity contribution in [2.24, 2.45) is 0 Å². The van der Waals surface area contributed by atoms with Crippen LogP contribution in [0.2, 0.25) is 0 Å². The van der Waals surface area contributed by atoms with Gasteiger partial charge in [0.2, 0.25) is 5.89 Å². The predicted octanol–water partition coefficient (Wildman–Crippen LogP) is 3.87. The molecule has 2 heterocycles. The number of benzene rings is 2. The topological polar surface area (TPSA) is 71.7 Å². The van der Waals surface area contributed by atoms with E-state index in [1.165, 1.54) is 5.56 Å². The summed E-state index contributed by atoms with van der Waals surface area (Å²) in [6.07, 6.45) is 0.860. The van der Waals surface area contributed by atoms with E-state index in [0.29, 0.717) is 42.7 Å². The standard InChI is InChI=1S/C24H28N4O3/c1-3-30-22-13-8-7-12-20(22)24(29)28-15-9-14-27(16-19-10-5-4-6-11-19)21(17-28)23-25-18(2)26-31-23/h4-8,10-13,21H,3,9,14-17H2,1-2H3. The van der Waals surface area contributed by atoms with Crippen LogP contribution in [0.25, 0.3) is 0 Å². The molecule has 1 fully saturated rings. The number of hydrogen-bond donors (Lipinski definition) is 0. The smallest absolute Gasteiger partial charge is 0.257 e. The van der Waals surface area contributed by atoms with Crippen LogP contribution in [-0.4, -0.2) is 52.1 Å². The lowest BCUT2D eigenvalue weighted by molar-refractivity contribution is 0.0707. The fourth-order valence-electron chi connectivity index (χ4n) is 4.01. The molecule has 2 aromatic carbocycles. The maximum absolute atomic E-state index is 13.5. The van der Waals surface area contributed by atoms with Crippen LogP contribution >= 0.6 is 0 Å². The minimum atomic E-state index is -0.174. The monoisotopic (exact) mass is 420 g/mol. The van der Waals surface area contributed by atoms with Crippen LogP contribution in [0.5, 0.6) is 5.75 Å². The molecule has 0 bridgehead atoms. The molecule has 1 saturated heterocycles. The number of nitrogens with zero attached hydrogens (tertiary/aromatic N) is 4. The number of para-hydroxylation sites is 1. The molecule has 7 nitrogen and oxygen atoms in total. The molecule has 4 rings (SSSR count). The number of aromatic nitrogens is 2.